The summed E-state index contributed by atoms with van der Waals surface area (Å²) >= 11 is 0. The lowest BCUT2D eigenvalue weighted by molar-refractivity contribution is -0.140. The van der Waals surface area contributed by atoms with Crippen LogP contribution >= 0.6 is 0 Å². The molecule has 0 aromatic carbocycles. The van der Waals surface area contributed by atoms with Crippen molar-refractivity contribution in [3.05, 3.63) is 11.6 Å². The normalized spacial score (nSPS) is 22.0. The Morgan fingerprint density at radius 1 is 1.50 bits per heavy atom. The second-order valence-corrected chi connectivity index (χ2v) is 3.99. The number of amides is 1. The summed E-state index contributed by atoms with van der Waals surface area (Å²) in [5, 5.41) is 0. The lowest BCUT2D eigenvalue weighted by Crippen LogP contribution is -2.58. The van der Waals surface area contributed by atoms with Crippen LogP contribution in [0, 0.1) is 0 Å². The zero-order chi connectivity index (χ0) is 9.35. The quantitative estimate of drug-likeness (QED) is 0.547. The van der Waals surface area contributed by atoms with Crippen LogP contribution in [0.25, 0.3) is 0 Å². The molecule has 1 heterocycles. The minimum atomic E-state index is 0.0847. The second-order valence-electron chi connectivity index (χ2n) is 3.99. The Morgan fingerprint density at radius 3 is 2.33 bits per heavy atom. The Kier molecular flexibility index (Phi) is 2.27. The van der Waals surface area contributed by atoms with Gasteiger partial charge in [-0.2, -0.15) is 0 Å². The van der Waals surface area contributed by atoms with Crippen molar-refractivity contribution in [3.8, 4) is 0 Å². The van der Waals surface area contributed by atoms with Crippen LogP contribution in [0.1, 0.15) is 34.1 Å². The van der Waals surface area contributed by atoms with E-state index in [-0.39, 0.29) is 11.4 Å². The van der Waals surface area contributed by atoms with Crippen molar-refractivity contribution in [1.29, 1.82) is 0 Å². The summed E-state index contributed by atoms with van der Waals surface area (Å²) in [6, 6.07) is 0. The summed E-state index contributed by atoms with van der Waals surface area (Å²) in [6.45, 7) is 8.91. The topological polar surface area (TPSA) is 20.3 Å². The molecule has 1 aliphatic heterocycles. The lowest BCUT2D eigenvalue weighted by atomic mass is 9.88. The number of hydrogen-bond donors (Lipinski definition) is 0. The van der Waals surface area contributed by atoms with E-state index in [1.165, 1.54) is 0 Å². The van der Waals surface area contributed by atoms with Gasteiger partial charge in [-0.05, 0) is 34.1 Å². The SMILES string of the molecule is C/C=C(/C)C(=O)N1CCC1(C)C. The largest absolute Gasteiger partial charge is 0.334 e. The molecule has 0 atom stereocenters. The first-order valence-electron chi connectivity index (χ1n) is 4.44. The maximum Gasteiger partial charge on any atom is 0.249 e. The first kappa shape index (κ1) is 9.30. The second kappa shape index (κ2) is 2.92. The highest BCUT2D eigenvalue weighted by molar-refractivity contribution is 5.93. The third kappa shape index (κ3) is 1.38. The number of rotatable bonds is 1. The maximum atomic E-state index is 11.6. The van der Waals surface area contributed by atoms with Crippen molar-refractivity contribution in [2.75, 3.05) is 6.54 Å². The van der Waals surface area contributed by atoms with E-state index in [0.717, 1.165) is 18.5 Å². The molecule has 0 spiro atoms. The van der Waals surface area contributed by atoms with Crippen LogP contribution in [0.5, 0.6) is 0 Å². The van der Waals surface area contributed by atoms with E-state index in [1.54, 1.807) is 0 Å². The maximum absolute atomic E-state index is 11.6. The molecule has 1 aliphatic rings. The molecule has 0 aliphatic carbocycles. The standard InChI is InChI=1S/C10H17NO/c1-5-8(2)9(12)11-7-6-10(11,3)4/h5H,6-7H2,1-4H3/b8-5-. The molecule has 2 heteroatoms. The summed E-state index contributed by atoms with van der Waals surface area (Å²) in [5.41, 5.74) is 0.934. The number of hydrogen-bond acceptors (Lipinski definition) is 1. The van der Waals surface area contributed by atoms with Gasteiger partial charge in [0, 0.05) is 17.7 Å². The molecule has 0 N–H and O–H groups in total. The van der Waals surface area contributed by atoms with Crippen molar-refractivity contribution in [2.24, 2.45) is 0 Å². The summed E-state index contributed by atoms with van der Waals surface area (Å²) in [7, 11) is 0. The predicted molar refractivity (Wildman–Crippen MR) is 49.8 cm³/mol. The molecule has 1 amide bonds. The molecule has 1 fully saturated rings. The van der Waals surface area contributed by atoms with Gasteiger partial charge < -0.3 is 4.90 Å². The number of likely N-dealkylation sites (tertiary alicyclic amines) is 1. The van der Waals surface area contributed by atoms with Crippen molar-refractivity contribution in [1.82, 2.24) is 4.90 Å². The van der Waals surface area contributed by atoms with Crippen LogP contribution in [0.4, 0.5) is 0 Å². The Bertz CT molecular complexity index is 228. The molecule has 1 rings (SSSR count). The smallest absolute Gasteiger partial charge is 0.249 e. The highest BCUT2D eigenvalue weighted by Crippen LogP contribution is 2.30. The summed E-state index contributed by atoms with van der Waals surface area (Å²) in [6.07, 6.45) is 2.99. The van der Waals surface area contributed by atoms with E-state index >= 15 is 0 Å². The molecule has 0 aromatic rings. The fourth-order valence-electron chi connectivity index (χ4n) is 1.38. The third-order valence-electron chi connectivity index (χ3n) is 2.69. The molecule has 68 valence electrons. The van der Waals surface area contributed by atoms with Crippen molar-refractivity contribution in [3.63, 3.8) is 0 Å². The van der Waals surface area contributed by atoms with E-state index in [2.05, 4.69) is 13.8 Å². The minimum absolute atomic E-state index is 0.0847. The van der Waals surface area contributed by atoms with Gasteiger partial charge in [0.1, 0.15) is 0 Å². The molecular formula is C10H17NO. The van der Waals surface area contributed by atoms with E-state index in [1.807, 2.05) is 24.8 Å². The van der Waals surface area contributed by atoms with Gasteiger partial charge in [0.2, 0.25) is 5.91 Å². The highest BCUT2D eigenvalue weighted by atomic mass is 16.2. The van der Waals surface area contributed by atoms with Crippen LogP contribution in [-0.4, -0.2) is 22.9 Å². The Balaban J connectivity index is 2.67. The molecule has 0 unspecified atom stereocenters. The van der Waals surface area contributed by atoms with Crippen molar-refractivity contribution in [2.45, 2.75) is 39.7 Å². The first-order valence-corrected chi connectivity index (χ1v) is 4.44. The number of carbonyl (C=O) groups is 1. The van der Waals surface area contributed by atoms with Gasteiger partial charge in [0.15, 0.2) is 0 Å². The number of nitrogens with zero attached hydrogens (tertiary/aromatic N) is 1. The average molecular weight is 167 g/mol. The van der Waals surface area contributed by atoms with Gasteiger partial charge in [-0.25, -0.2) is 0 Å². The lowest BCUT2D eigenvalue weighted by Gasteiger charge is -2.48. The van der Waals surface area contributed by atoms with Gasteiger partial charge in [-0.3, -0.25) is 4.79 Å². The zero-order valence-electron chi connectivity index (χ0n) is 8.35. The minimum Gasteiger partial charge on any atom is -0.334 e. The van der Waals surface area contributed by atoms with Gasteiger partial charge in [-0.1, -0.05) is 6.08 Å². The van der Waals surface area contributed by atoms with Crippen LogP contribution in [0.15, 0.2) is 11.6 Å². The molecule has 0 radical (unpaired) electrons. The van der Waals surface area contributed by atoms with Crippen LogP contribution in [0.2, 0.25) is 0 Å². The zero-order valence-corrected chi connectivity index (χ0v) is 8.35. The monoisotopic (exact) mass is 167 g/mol. The first-order chi connectivity index (χ1) is 5.49. The molecule has 0 saturated carbocycles. The fourth-order valence-corrected chi connectivity index (χ4v) is 1.38. The summed E-state index contributed by atoms with van der Waals surface area (Å²) < 4.78 is 0. The average Bonchev–Trinajstić information content (AvgIpc) is 2.01. The van der Waals surface area contributed by atoms with Crippen LogP contribution in [0.3, 0.4) is 0 Å². The summed E-state index contributed by atoms with van der Waals surface area (Å²) in [4.78, 5) is 13.6. The van der Waals surface area contributed by atoms with E-state index < -0.39 is 0 Å². The van der Waals surface area contributed by atoms with Crippen LogP contribution < -0.4 is 0 Å². The predicted octanol–water partition coefficient (Wildman–Crippen LogP) is 1.96. The highest BCUT2D eigenvalue weighted by Gasteiger charge is 2.39. The third-order valence-corrected chi connectivity index (χ3v) is 2.69. The fraction of sp³-hybridized carbons (Fsp3) is 0.700. The number of carbonyl (C=O) groups excluding carboxylic acids is 1. The molecule has 12 heavy (non-hydrogen) atoms. The number of allylic oxidation sites excluding steroid dienone is 1. The van der Waals surface area contributed by atoms with E-state index in [0.29, 0.717) is 0 Å². The van der Waals surface area contributed by atoms with Gasteiger partial charge in [0.25, 0.3) is 0 Å². The molecule has 2 nitrogen and oxygen atoms in total. The molecular weight excluding hydrogens is 150 g/mol. The van der Waals surface area contributed by atoms with Gasteiger partial charge >= 0.3 is 0 Å². The van der Waals surface area contributed by atoms with E-state index in [4.69, 9.17) is 0 Å². The molecule has 0 aromatic heterocycles. The van der Waals surface area contributed by atoms with Gasteiger partial charge in [-0.15, -0.1) is 0 Å². The molecule has 1 saturated heterocycles. The van der Waals surface area contributed by atoms with E-state index in [9.17, 15) is 4.79 Å². The Morgan fingerprint density at radius 2 is 2.08 bits per heavy atom. The Hall–Kier alpha value is -0.790. The van der Waals surface area contributed by atoms with Gasteiger partial charge in [0.05, 0.1) is 0 Å². The van der Waals surface area contributed by atoms with Crippen LogP contribution in [-0.2, 0) is 4.79 Å². The summed E-state index contributed by atoms with van der Waals surface area (Å²) in [5.74, 6) is 0.189. The van der Waals surface area contributed by atoms with Crippen molar-refractivity contribution >= 4 is 5.91 Å². The van der Waals surface area contributed by atoms with Crippen molar-refractivity contribution < 1.29 is 4.79 Å². The molecule has 0 bridgehead atoms. The Labute approximate surface area is 74.2 Å².